The number of hydrogen-bond acceptors (Lipinski definition) is 6. The lowest BCUT2D eigenvalue weighted by Gasteiger charge is -2.26. The molecule has 1 amide bonds. The van der Waals surface area contributed by atoms with Gasteiger partial charge >= 0.3 is 0 Å². The van der Waals surface area contributed by atoms with Gasteiger partial charge in [0.25, 0.3) is 15.9 Å². The summed E-state index contributed by atoms with van der Waals surface area (Å²) in [5, 5.41) is 3.19. The highest BCUT2D eigenvalue weighted by Gasteiger charge is 2.27. The molecule has 0 bridgehead atoms. The Labute approximate surface area is 229 Å². The molecule has 1 saturated heterocycles. The molecular weight excluding hydrogens is 585 g/mol. The van der Waals surface area contributed by atoms with Crippen molar-refractivity contribution in [3.63, 3.8) is 0 Å². The molecule has 0 atom stereocenters. The number of nitrogens with one attached hydrogen (secondary N) is 2. The topological polar surface area (TPSA) is 122 Å². The van der Waals surface area contributed by atoms with E-state index < -0.39 is 26.0 Å². The molecule has 9 nitrogen and oxygen atoms in total. The summed E-state index contributed by atoms with van der Waals surface area (Å²) in [5.41, 5.74) is 0.413. The first-order valence-corrected chi connectivity index (χ1v) is 14.8. The van der Waals surface area contributed by atoms with E-state index in [-0.39, 0.29) is 68.1 Å². The smallest absolute Gasteiger partial charge is 0.261 e. The number of anilines is 2. The summed E-state index contributed by atoms with van der Waals surface area (Å²) in [6.07, 6.45) is 0. The third-order valence-corrected chi connectivity index (χ3v) is 9.39. The number of carbonyl (C=O) groups is 1. The highest BCUT2D eigenvalue weighted by molar-refractivity contribution is 7.92. The monoisotopic (exact) mass is 603 g/mol. The maximum absolute atomic E-state index is 12.9. The Balaban J connectivity index is 1.50. The van der Waals surface area contributed by atoms with Crippen LogP contribution in [-0.2, 0) is 24.8 Å². The number of hydrogen-bond donors (Lipinski definition) is 2. The highest BCUT2D eigenvalue weighted by atomic mass is 35.5. The molecule has 1 aliphatic rings. The summed E-state index contributed by atoms with van der Waals surface area (Å²) in [7, 11) is -7.80. The Morgan fingerprint density at radius 3 is 2.00 bits per heavy atom. The Morgan fingerprint density at radius 2 is 1.38 bits per heavy atom. The van der Waals surface area contributed by atoms with Gasteiger partial charge in [0, 0.05) is 28.8 Å². The van der Waals surface area contributed by atoms with Gasteiger partial charge in [-0.15, -0.1) is 0 Å². The molecule has 0 saturated carbocycles. The summed E-state index contributed by atoms with van der Waals surface area (Å²) in [6, 6.07) is 13.6. The van der Waals surface area contributed by atoms with Crippen molar-refractivity contribution in [2.75, 3.05) is 36.3 Å². The summed E-state index contributed by atoms with van der Waals surface area (Å²) >= 11 is 18.0. The SMILES string of the molecule is O=C(Nc1ccc(S(=O)(=O)Nc2cc(Cl)cc(Cl)c2)cc1)c1cc(S(=O)(=O)N2CCOCC2)ccc1Cl. The van der Waals surface area contributed by atoms with Crippen LogP contribution >= 0.6 is 34.8 Å². The van der Waals surface area contributed by atoms with E-state index in [4.69, 9.17) is 39.5 Å². The van der Waals surface area contributed by atoms with Crippen LogP contribution in [0.1, 0.15) is 10.4 Å². The molecule has 1 heterocycles. The number of benzene rings is 3. The van der Waals surface area contributed by atoms with E-state index >= 15 is 0 Å². The second kappa shape index (κ2) is 11.2. The van der Waals surface area contributed by atoms with Crippen molar-refractivity contribution in [3.05, 3.63) is 81.3 Å². The number of morpholine rings is 1. The molecule has 3 aromatic rings. The molecular formula is C23H20Cl3N3O6S2. The first-order chi connectivity index (χ1) is 17.5. The Kier molecular flexibility index (Phi) is 8.34. The fourth-order valence-corrected chi connectivity index (χ4v) is 6.72. The molecule has 196 valence electrons. The van der Waals surface area contributed by atoms with Gasteiger partial charge in [-0.2, -0.15) is 4.31 Å². The molecule has 3 aromatic carbocycles. The molecule has 0 radical (unpaired) electrons. The van der Waals surface area contributed by atoms with Crippen molar-refractivity contribution >= 4 is 72.1 Å². The van der Waals surface area contributed by atoms with Crippen molar-refractivity contribution in [3.8, 4) is 0 Å². The average Bonchev–Trinajstić information content (AvgIpc) is 2.84. The zero-order valence-corrected chi connectivity index (χ0v) is 22.8. The van der Waals surface area contributed by atoms with Gasteiger partial charge in [-0.05, 0) is 60.7 Å². The largest absolute Gasteiger partial charge is 0.379 e. The van der Waals surface area contributed by atoms with Crippen LogP contribution in [-0.4, -0.2) is 53.4 Å². The predicted octanol–water partition coefficient (Wildman–Crippen LogP) is 4.72. The first-order valence-electron chi connectivity index (χ1n) is 10.7. The highest BCUT2D eigenvalue weighted by Crippen LogP contribution is 2.27. The molecule has 0 aliphatic carbocycles. The number of amides is 1. The fourth-order valence-electron chi connectivity index (χ4n) is 3.52. The summed E-state index contributed by atoms with van der Waals surface area (Å²) < 4.78 is 60.2. The standard InChI is InChI=1S/C23H20Cl3N3O6S2/c24-15-11-16(25)13-18(12-15)28-36(31,32)19-3-1-17(2-4-19)27-23(30)21-14-20(5-6-22(21)26)37(33,34)29-7-9-35-10-8-29/h1-6,11-14,28H,7-10H2,(H,27,30). The van der Waals surface area contributed by atoms with Crippen molar-refractivity contribution in [2.45, 2.75) is 9.79 Å². The van der Waals surface area contributed by atoms with Gasteiger partial charge in [0.15, 0.2) is 0 Å². The van der Waals surface area contributed by atoms with Gasteiger partial charge < -0.3 is 10.1 Å². The van der Waals surface area contributed by atoms with E-state index in [1.807, 2.05) is 0 Å². The second-order valence-electron chi connectivity index (χ2n) is 7.90. The van der Waals surface area contributed by atoms with Crippen molar-refractivity contribution in [1.82, 2.24) is 4.31 Å². The summed E-state index contributed by atoms with van der Waals surface area (Å²) in [5.74, 6) is -0.661. The Hall–Kier alpha value is -2.38. The quantitative estimate of drug-likeness (QED) is 0.403. The van der Waals surface area contributed by atoms with Crippen LogP contribution in [0.2, 0.25) is 15.1 Å². The van der Waals surface area contributed by atoms with Gasteiger partial charge in [-0.1, -0.05) is 34.8 Å². The second-order valence-corrected chi connectivity index (χ2v) is 12.8. The van der Waals surface area contributed by atoms with Crippen LogP contribution in [0, 0.1) is 0 Å². The molecule has 0 unspecified atom stereocenters. The van der Waals surface area contributed by atoms with Crippen LogP contribution in [0.3, 0.4) is 0 Å². The molecule has 0 aromatic heterocycles. The minimum Gasteiger partial charge on any atom is -0.379 e. The normalized spacial score (nSPS) is 14.8. The summed E-state index contributed by atoms with van der Waals surface area (Å²) in [4.78, 5) is 12.8. The summed E-state index contributed by atoms with van der Waals surface area (Å²) in [6.45, 7) is 0.990. The van der Waals surface area contributed by atoms with E-state index in [2.05, 4.69) is 10.0 Å². The van der Waals surface area contributed by atoms with Gasteiger partial charge in [0.1, 0.15) is 0 Å². The third-order valence-electron chi connectivity index (χ3n) is 5.33. The van der Waals surface area contributed by atoms with Gasteiger partial charge in [-0.3, -0.25) is 9.52 Å². The van der Waals surface area contributed by atoms with Crippen LogP contribution < -0.4 is 10.0 Å². The third kappa shape index (κ3) is 6.55. The fraction of sp³-hybridized carbons (Fsp3) is 0.174. The molecule has 4 rings (SSSR count). The number of ether oxygens (including phenoxy) is 1. The molecule has 37 heavy (non-hydrogen) atoms. The van der Waals surface area contributed by atoms with Crippen molar-refractivity contribution in [1.29, 1.82) is 0 Å². The van der Waals surface area contributed by atoms with Gasteiger partial charge in [0.2, 0.25) is 10.0 Å². The van der Waals surface area contributed by atoms with E-state index in [1.165, 1.54) is 65.0 Å². The van der Waals surface area contributed by atoms with Gasteiger partial charge in [0.05, 0.1) is 39.3 Å². The Bertz CT molecular complexity index is 1520. The van der Waals surface area contributed by atoms with E-state index in [0.717, 1.165) is 0 Å². The Morgan fingerprint density at radius 1 is 0.784 bits per heavy atom. The molecule has 1 fully saturated rings. The molecule has 1 aliphatic heterocycles. The number of nitrogens with zero attached hydrogens (tertiary/aromatic N) is 1. The van der Waals surface area contributed by atoms with Crippen LogP contribution in [0.25, 0.3) is 0 Å². The number of carbonyl (C=O) groups excluding carboxylic acids is 1. The minimum atomic E-state index is -3.97. The first kappa shape index (κ1) is 27.6. The number of rotatable bonds is 7. The minimum absolute atomic E-state index is 0.0489. The average molecular weight is 605 g/mol. The van der Waals surface area contributed by atoms with Crippen LogP contribution in [0.4, 0.5) is 11.4 Å². The number of halogens is 3. The van der Waals surface area contributed by atoms with Gasteiger partial charge in [-0.25, -0.2) is 16.8 Å². The zero-order chi connectivity index (χ0) is 26.8. The maximum atomic E-state index is 12.9. The van der Waals surface area contributed by atoms with E-state index in [1.54, 1.807) is 0 Å². The predicted molar refractivity (Wildman–Crippen MR) is 143 cm³/mol. The zero-order valence-electron chi connectivity index (χ0n) is 18.9. The van der Waals surface area contributed by atoms with Crippen molar-refractivity contribution < 1.29 is 26.4 Å². The van der Waals surface area contributed by atoms with Crippen LogP contribution in [0.15, 0.2) is 70.5 Å². The molecule has 0 spiro atoms. The van der Waals surface area contributed by atoms with Crippen molar-refractivity contribution in [2.24, 2.45) is 0 Å². The number of sulfonamides is 2. The van der Waals surface area contributed by atoms with E-state index in [9.17, 15) is 21.6 Å². The van der Waals surface area contributed by atoms with E-state index in [0.29, 0.717) is 0 Å². The van der Waals surface area contributed by atoms with Crippen LogP contribution in [0.5, 0.6) is 0 Å². The molecule has 2 N–H and O–H groups in total. The lowest BCUT2D eigenvalue weighted by molar-refractivity contribution is 0.0730. The molecule has 14 heteroatoms. The lowest BCUT2D eigenvalue weighted by atomic mass is 10.2. The maximum Gasteiger partial charge on any atom is 0.261 e. The lowest BCUT2D eigenvalue weighted by Crippen LogP contribution is -2.40.